The van der Waals surface area contributed by atoms with E-state index in [9.17, 15) is 4.79 Å². The van der Waals surface area contributed by atoms with Crippen LogP contribution in [0, 0.1) is 0 Å². The Labute approximate surface area is 83.3 Å². The Morgan fingerprint density at radius 3 is 2.57 bits per heavy atom. The molecule has 1 amide bonds. The second kappa shape index (κ2) is 5.24. The van der Waals surface area contributed by atoms with Crippen LogP contribution < -0.4 is 16.8 Å². The van der Waals surface area contributed by atoms with Crippen LogP contribution in [0.5, 0.6) is 0 Å². The maximum absolute atomic E-state index is 10.7. The van der Waals surface area contributed by atoms with Gasteiger partial charge in [0, 0.05) is 12.2 Å². The zero-order chi connectivity index (χ0) is 10.4. The molecular weight excluding hydrogens is 178 g/mol. The lowest BCUT2D eigenvalue weighted by atomic mass is 10.1. The highest BCUT2D eigenvalue weighted by atomic mass is 16.1. The molecule has 1 aromatic carbocycles. The van der Waals surface area contributed by atoms with Crippen LogP contribution in [-0.2, 0) is 11.2 Å². The van der Waals surface area contributed by atoms with Crippen molar-refractivity contribution in [2.45, 2.75) is 6.42 Å². The maximum Gasteiger partial charge on any atom is 0.235 e. The second-order valence-corrected chi connectivity index (χ2v) is 3.02. The number of nitrogens with one attached hydrogen (secondary N) is 2. The van der Waals surface area contributed by atoms with Gasteiger partial charge in [-0.25, -0.2) is 5.73 Å². The molecule has 4 heteroatoms. The summed E-state index contributed by atoms with van der Waals surface area (Å²) in [7, 11) is 0. The summed E-state index contributed by atoms with van der Waals surface area (Å²) in [4.78, 5) is 10.7. The molecular formula is C10H14N3O. The molecule has 4 N–H and O–H groups in total. The van der Waals surface area contributed by atoms with E-state index in [0.717, 1.165) is 17.7 Å². The van der Waals surface area contributed by atoms with Crippen molar-refractivity contribution in [3.8, 4) is 0 Å². The third kappa shape index (κ3) is 3.45. The lowest BCUT2D eigenvalue weighted by molar-refractivity contribution is -0.119. The quantitative estimate of drug-likeness (QED) is 0.669. The summed E-state index contributed by atoms with van der Waals surface area (Å²) in [5, 5.41) is 2.64. The molecule has 1 aromatic rings. The monoisotopic (exact) mass is 192 g/mol. The van der Waals surface area contributed by atoms with Crippen LogP contribution in [0.3, 0.4) is 0 Å². The lowest BCUT2D eigenvalue weighted by Crippen LogP contribution is -2.28. The fraction of sp³-hybridized carbons (Fsp3) is 0.300. The summed E-state index contributed by atoms with van der Waals surface area (Å²) < 4.78 is 0. The van der Waals surface area contributed by atoms with Gasteiger partial charge in [-0.2, -0.15) is 0 Å². The van der Waals surface area contributed by atoms with Crippen LogP contribution in [0.25, 0.3) is 0 Å². The summed E-state index contributed by atoms with van der Waals surface area (Å²) in [6.45, 7) is 0.364. The van der Waals surface area contributed by atoms with Gasteiger partial charge >= 0.3 is 0 Å². The molecule has 1 radical (unpaired) electrons. The zero-order valence-corrected chi connectivity index (χ0v) is 7.92. The Hall–Kier alpha value is -1.55. The Morgan fingerprint density at radius 1 is 1.36 bits per heavy atom. The number of anilines is 1. The van der Waals surface area contributed by atoms with E-state index in [4.69, 9.17) is 11.5 Å². The van der Waals surface area contributed by atoms with Crippen molar-refractivity contribution in [1.29, 1.82) is 0 Å². The number of carbonyl (C=O) groups is 1. The van der Waals surface area contributed by atoms with Gasteiger partial charge in [0.25, 0.3) is 0 Å². The second-order valence-electron chi connectivity index (χ2n) is 3.02. The number of benzene rings is 1. The smallest absolute Gasteiger partial charge is 0.235 e. The van der Waals surface area contributed by atoms with E-state index in [0.29, 0.717) is 6.54 Å². The zero-order valence-electron chi connectivity index (χ0n) is 7.92. The number of rotatable bonds is 4. The SMILES string of the molecule is [NH]CC(=O)NCCc1ccc(N)cc1. The third-order valence-corrected chi connectivity index (χ3v) is 1.88. The average Bonchev–Trinajstić information content (AvgIpc) is 2.21. The number of nitrogen functional groups attached to an aromatic ring is 1. The highest BCUT2D eigenvalue weighted by Crippen LogP contribution is 2.05. The molecule has 0 fully saturated rings. The highest BCUT2D eigenvalue weighted by Gasteiger charge is 1.97. The molecule has 0 saturated heterocycles. The summed E-state index contributed by atoms with van der Waals surface area (Å²) in [6, 6.07) is 7.54. The van der Waals surface area contributed by atoms with Gasteiger partial charge in [-0.15, -0.1) is 0 Å². The number of nitrogens with two attached hydrogens (primary N) is 1. The molecule has 0 saturated carbocycles. The van der Waals surface area contributed by atoms with Crippen molar-refractivity contribution in [1.82, 2.24) is 11.1 Å². The molecule has 0 aliphatic rings. The molecule has 0 atom stereocenters. The van der Waals surface area contributed by atoms with E-state index in [1.54, 1.807) is 0 Å². The van der Waals surface area contributed by atoms with Gasteiger partial charge in [-0.1, -0.05) is 12.1 Å². The number of hydrogen-bond acceptors (Lipinski definition) is 2. The maximum atomic E-state index is 10.7. The predicted molar refractivity (Wildman–Crippen MR) is 55.5 cm³/mol. The molecule has 0 aromatic heterocycles. The fourth-order valence-corrected chi connectivity index (χ4v) is 1.09. The largest absolute Gasteiger partial charge is 0.399 e. The van der Waals surface area contributed by atoms with Gasteiger partial charge in [0.2, 0.25) is 5.91 Å². The standard InChI is InChI=1S/C10H14N3O/c11-7-10(14)13-6-5-8-1-3-9(12)4-2-8/h1-4,11H,5-7,12H2,(H,13,14). The van der Waals surface area contributed by atoms with Crippen LogP contribution in [0.15, 0.2) is 24.3 Å². The minimum Gasteiger partial charge on any atom is -0.399 e. The summed E-state index contributed by atoms with van der Waals surface area (Å²) in [5.41, 5.74) is 14.2. The van der Waals surface area contributed by atoms with Gasteiger partial charge in [0.05, 0.1) is 6.54 Å². The van der Waals surface area contributed by atoms with Gasteiger partial charge in [0.15, 0.2) is 0 Å². The predicted octanol–water partition coefficient (Wildman–Crippen LogP) is 0.210. The van der Waals surface area contributed by atoms with E-state index in [1.807, 2.05) is 24.3 Å². The number of hydrogen-bond donors (Lipinski definition) is 2. The van der Waals surface area contributed by atoms with E-state index in [1.165, 1.54) is 0 Å². The minimum absolute atomic E-state index is 0.207. The van der Waals surface area contributed by atoms with Crippen LogP contribution in [0.1, 0.15) is 5.56 Å². The van der Waals surface area contributed by atoms with Gasteiger partial charge in [0.1, 0.15) is 0 Å². The molecule has 14 heavy (non-hydrogen) atoms. The minimum atomic E-state index is -0.236. The lowest BCUT2D eigenvalue weighted by Gasteiger charge is -2.03. The molecule has 4 nitrogen and oxygen atoms in total. The van der Waals surface area contributed by atoms with Gasteiger partial charge in [-0.05, 0) is 24.1 Å². The number of amides is 1. The summed E-state index contributed by atoms with van der Waals surface area (Å²) >= 11 is 0. The Morgan fingerprint density at radius 2 is 2.00 bits per heavy atom. The molecule has 0 aliphatic carbocycles. The summed E-state index contributed by atoms with van der Waals surface area (Å²) in [6.07, 6.45) is 0.770. The first kappa shape index (κ1) is 10.5. The molecule has 0 spiro atoms. The third-order valence-electron chi connectivity index (χ3n) is 1.88. The first-order valence-corrected chi connectivity index (χ1v) is 4.48. The number of carbonyl (C=O) groups excluding carboxylic acids is 1. The molecule has 0 bridgehead atoms. The van der Waals surface area contributed by atoms with E-state index < -0.39 is 0 Å². The van der Waals surface area contributed by atoms with Crippen molar-refractivity contribution in [2.24, 2.45) is 0 Å². The normalized spacial score (nSPS) is 9.79. The van der Waals surface area contributed by atoms with Crippen molar-refractivity contribution in [3.05, 3.63) is 29.8 Å². The molecule has 1 rings (SSSR count). The van der Waals surface area contributed by atoms with Gasteiger partial charge < -0.3 is 11.1 Å². The van der Waals surface area contributed by atoms with E-state index in [-0.39, 0.29) is 12.5 Å². The van der Waals surface area contributed by atoms with Crippen LogP contribution in [0.4, 0.5) is 5.69 Å². The van der Waals surface area contributed by atoms with Crippen LogP contribution >= 0.6 is 0 Å². The molecule has 0 aliphatic heterocycles. The van der Waals surface area contributed by atoms with E-state index in [2.05, 4.69) is 5.32 Å². The molecule has 0 unspecified atom stereocenters. The van der Waals surface area contributed by atoms with E-state index >= 15 is 0 Å². The van der Waals surface area contributed by atoms with Crippen molar-refractivity contribution < 1.29 is 4.79 Å². The highest BCUT2D eigenvalue weighted by molar-refractivity contribution is 5.77. The summed E-state index contributed by atoms with van der Waals surface area (Å²) in [5.74, 6) is -0.236. The van der Waals surface area contributed by atoms with Crippen LogP contribution in [0.2, 0.25) is 0 Å². The Kier molecular flexibility index (Phi) is 3.94. The molecule has 75 valence electrons. The first-order chi connectivity index (χ1) is 6.72. The van der Waals surface area contributed by atoms with Gasteiger partial charge in [-0.3, -0.25) is 4.79 Å². The van der Waals surface area contributed by atoms with Crippen molar-refractivity contribution in [2.75, 3.05) is 18.8 Å². The first-order valence-electron chi connectivity index (χ1n) is 4.48. The Bertz CT molecular complexity index is 295. The molecule has 0 heterocycles. The van der Waals surface area contributed by atoms with Crippen molar-refractivity contribution >= 4 is 11.6 Å². The average molecular weight is 192 g/mol. The van der Waals surface area contributed by atoms with Crippen molar-refractivity contribution in [3.63, 3.8) is 0 Å². The fourth-order valence-electron chi connectivity index (χ4n) is 1.09. The topological polar surface area (TPSA) is 78.9 Å². The van der Waals surface area contributed by atoms with Crippen LogP contribution in [-0.4, -0.2) is 19.0 Å². The Balaban J connectivity index is 2.31.